The van der Waals surface area contributed by atoms with E-state index in [4.69, 9.17) is 0 Å². The first-order valence-corrected chi connectivity index (χ1v) is 10.5. The van der Waals surface area contributed by atoms with Gasteiger partial charge in [-0.2, -0.15) is 5.10 Å². The van der Waals surface area contributed by atoms with Crippen molar-refractivity contribution in [3.63, 3.8) is 0 Å². The van der Waals surface area contributed by atoms with Gasteiger partial charge in [0.1, 0.15) is 0 Å². The van der Waals surface area contributed by atoms with Crippen molar-refractivity contribution < 1.29 is 2.85 Å². The number of nitrogens with one attached hydrogen (secondary N) is 2. The lowest BCUT2D eigenvalue weighted by molar-refractivity contribution is 0.659. The zero-order valence-electron chi connectivity index (χ0n) is 17.7. The lowest BCUT2D eigenvalue weighted by Crippen LogP contribution is -2.09. The van der Waals surface area contributed by atoms with Crippen LogP contribution in [0.1, 0.15) is 19.8 Å². The fourth-order valence-electron chi connectivity index (χ4n) is 4.55. The third-order valence-electron chi connectivity index (χ3n) is 6.12. The van der Waals surface area contributed by atoms with Crippen LogP contribution in [0.3, 0.4) is 0 Å². The minimum absolute atomic E-state index is 0. The maximum atomic E-state index is 13.4. The largest absolute Gasteiger partial charge is 0.354 e. The highest BCUT2D eigenvalue weighted by Gasteiger charge is 2.12. The van der Waals surface area contributed by atoms with Crippen molar-refractivity contribution >= 4 is 43.6 Å². The Morgan fingerprint density at radius 2 is 1.38 bits per heavy atom. The van der Waals surface area contributed by atoms with E-state index < -0.39 is 0 Å². The van der Waals surface area contributed by atoms with Crippen molar-refractivity contribution in [2.75, 3.05) is 0 Å². The Bertz CT molecular complexity index is 1830. The van der Waals surface area contributed by atoms with E-state index in [1.54, 1.807) is 12.1 Å². The number of para-hydroxylation sites is 1. The predicted octanol–water partition coefficient (Wildman–Crippen LogP) is 5.03. The molecule has 0 unspecified atom stereocenters. The summed E-state index contributed by atoms with van der Waals surface area (Å²) in [5.41, 5.74) is 5.78. The van der Waals surface area contributed by atoms with Gasteiger partial charge in [0.15, 0.2) is 10.9 Å². The summed E-state index contributed by atoms with van der Waals surface area (Å²) in [7, 11) is 0. The van der Waals surface area contributed by atoms with Gasteiger partial charge in [-0.25, -0.2) is 0 Å². The van der Waals surface area contributed by atoms with Crippen LogP contribution in [0.15, 0.2) is 70.3 Å². The molecule has 0 saturated carbocycles. The van der Waals surface area contributed by atoms with Crippen LogP contribution in [-0.2, 0) is 6.54 Å². The Kier molecular flexibility index (Phi) is 3.86. The van der Waals surface area contributed by atoms with Crippen LogP contribution >= 0.6 is 0 Å². The van der Waals surface area contributed by atoms with E-state index in [2.05, 4.69) is 15.1 Å². The van der Waals surface area contributed by atoms with Crippen molar-refractivity contribution in [1.82, 2.24) is 19.7 Å². The zero-order chi connectivity index (χ0) is 22.0. The minimum Gasteiger partial charge on any atom is -0.354 e. The number of rotatable bonds is 2. The van der Waals surface area contributed by atoms with Crippen LogP contribution in [0.2, 0.25) is 0 Å². The molecule has 0 saturated heterocycles. The van der Waals surface area contributed by atoms with Crippen molar-refractivity contribution in [3.8, 4) is 0 Å². The number of H-pyrrole nitrogens is 2. The second-order valence-corrected chi connectivity index (χ2v) is 8.36. The molecule has 0 aliphatic carbocycles. The Hall–Kier alpha value is -4.19. The maximum Gasteiger partial charge on any atom is 0.197 e. The number of aryl methyl sites for hydroxylation is 2. The quantitative estimate of drug-likeness (QED) is 0.383. The molecule has 6 rings (SSSR count). The molecule has 0 aliphatic heterocycles. The highest BCUT2D eigenvalue weighted by atomic mass is 16.1. The Balaban J connectivity index is 0.00000137. The summed E-state index contributed by atoms with van der Waals surface area (Å²) in [5, 5.41) is 6.90. The predicted molar refractivity (Wildman–Crippen MR) is 133 cm³/mol. The molecule has 6 aromatic rings. The number of nitrogens with zero attached hydrogens (tertiary/aromatic N) is 2. The summed E-state index contributed by atoms with van der Waals surface area (Å²) < 4.78 is 1.94. The number of aromatic nitrogens is 4. The number of aromatic amines is 2. The average molecular weight is 425 g/mol. The molecule has 0 spiro atoms. The zero-order valence-corrected chi connectivity index (χ0v) is 17.7. The lowest BCUT2D eigenvalue weighted by atomic mass is 10.0. The van der Waals surface area contributed by atoms with E-state index in [0.29, 0.717) is 39.1 Å². The van der Waals surface area contributed by atoms with Crippen molar-refractivity contribution in [2.45, 2.75) is 20.4 Å². The molecule has 0 radical (unpaired) electrons. The van der Waals surface area contributed by atoms with E-state index in [1.165, 1.54) is 0 Å². The van der Waals surface area contributed by atoms with E-state index in [-0.39, 0.29) is 13.7 Å². The smallest absolute Gasteiger partial charge is 0.197 e. The normalized spacial score (nSPS) is 11.8. The van der Waals surface area contributed by atoms with E-state index >= 15 is 0 Å². The molecule has 0 atom stereocenters. The number of benzene rings is 3. The SMILES string of the molecule is Cc1cc(C)n(Cc2ccc3[nH]c4cc5c(=O)c6ccccc6[nH]c5cc4c(=O)c3c2)n1.[HH].[HH]. The van der Waals surface area contributed by atoms with Gasteiger partial charge in [-0.05, 0) is 61.9 Å². The van der Waals surface area contributed by atoms with Gasteiger partial charge in [0, 0.05) is 41.1 Å². The number of pyridine rings is 2. The molecule has 3 heterocycles. The van der Waals surface area contributed by atoms with E-state index in [1.807, 2.05) is 67.1 Å². The molecule has 2 N–H and O–H groups in total. The molecule has 6 heteroatoms. The number of hydrogen-bond donors (Lipinski definition) is 2. The van der Waals surface area contributed by atoms with Crippen molar-refractivity contribution in [1.29, 1.82) is 0 Å². The standard InChI is InChI=1S/C26H20N4O2.2H2/c1-14-9-15(2)30(29-14)13-16-7-8-22-18(10-16)26(32)20-12-23-19(11-24(20)28-22)25(31)17-5-3-4-6-21(17)27-23;;/h3-12H,13H2,1-2H3,(H,27,31)(H,28,32);2*1H. The fourth-order valence-corrected chi connectivity index (χ4v) is 4.55. The van der Waals surface area contributed by atoms with Gasteiger partial charge < -0.3 is 9.97 Å². The van der Waals surface area contributed by atoms with Gasteiger partial charge in [0.05, 0.1) is 23.3 Å². The van der Waals surface area contributed by atoms with Gasteiger partial charge in [-0.15, -0.1) is 0 Å². The summed E-state index contributed by atoms with van der Waals surface area (Å²) in [4.78, 5) is 33.1. The van der Waals surface area contributed by atoms with E-state index in [9.17, 15) is 9.59 Å². The van der Waals surface area contributed by atoms with Crippen LogP contribution in [0.5, 0.6) is 0 Å². The van der Waals surface area contributed by atoms with Gasteiger partial charge in [-0.1, -0.05) is 18.2 Å². The molecule has 3 aromatic heterocycles. The van der Waals surface area contributed by atoms with Crippen LogP contribution < -0.4 is 10.9 Å². The van der Waals surface area contributed by atoms with Gasteiger partial charge in [0.2, 0.25) is 0 Å². The first-order chi connectivity index (χ1) is 15.5. The van der Waals surface area contributed by atoms with E-state index in [0.717, 1.165) is 28.0 Å². The second kappa shape index (κ2) is 6.65. The third-order valence-corrected chi connectivity index (χ3v) is 6.12. The highest BCUT2D eigenvalue weighted by Crippen LogP contribution is 2.22. The van der Waals surface area contributed by atoms with Gasteiger partial charge in [0.25, 0.3) is 0 Å². The van der Waals surface area contributed by atoms with Crippen LogP contribution in [0.25, 0.3) is 43.6 Å². The number of fused-ring (bicyclic) bond motifs is 4. The topological polar surface area (TPSA) is 83.5 Å². The lowest BCUT2D eigenvalue weighted by Gasteiger charge is -2.09. The summed E-state index contributed by atoms with van der Waals surface area (Å²) in [6, 6.07) is 18.9. The molecule has 32 heavy (non-hydrogen) atoms. The van der Waals surface area contributed by atoms with Crippen LogP contribution in [-0.4, -0.2) is 19.7 Å². The molecule has 0 amide bonds. The summed E-state index contributed by atoms with van der Waals surface area (Å²) in [5.74, 6) is 0. The Labute approximate surface area is 185 Å². The number of hydrogen-bond acceptors (Lipinski definition) is 3. The Morgan fingerprint density at radius 1 is 0.750 bits per heavy atom. The molecule has 0 bridgehead atoms. The first-order valence-electron chi connectivity index (χ1n) is 10.5. The summed E-state index contributed by atoms with van der Waals surface area (Å²) in [6.45, 7) is 4.60. The average Bonchev–Trinajstić information content (AvgIpc) is 3.10. The van der Waals surface area contributed by atoms with Gasteiger partial charge in [-0.3, -0.25) is 14.3 Å². The molecule has 0 aliphatic rings. The minimum atomic E-state index is -0.0557. The van der Waals surface area contributed by atoms with Gasteiger partial charge >= 0.3 is 0 Å². The highest BCUT2D eigenvalue weighted by molar-refractivity contribution is 6.02. The van der Waals surface area contributed by atoms with Crippen LogP contribution in [0, 0.1) is 13.8 Å². The molecule has 0 fully saturated rings. The Morgan fingerprint density at radius 3 is 2.06 bits per heavy atom. The van der Waals surface area contributed by atoms with Crippen molar-refractivity contribution in [3.05, 3.63) is 98.1 Å². The molecular weight excluding hydrogens is 400 g/mol. The molecular formula is C26H24N4O2. The maximum absolute atomic E-state index is 13.4. The summed E-state index contributed by atoms with van der Waals surface area (Å²) >= 11 is 0. The first kappa shape index (κ1) is 18.6. The molecule has 160 valence electrons. The monoisotopic (exact) mass is 424 g/mol. The second-order valence-electron chi connectivity index (χ2n) is 8.36. The van der Waals surface area contributed by atoms with Crippen molar-refractivity contribution in [2.24, 2.45) is 0 Å². The summed E-state index contributed by atoms with van der Waals surface area (Å²) in [6.07, 6.45) is 0. The fraction of sp³-hybridized carbons (Fsp3) is 0.115. The molecule has 3 aromatic carbocycles. The molecule has 6 nitrogen and oxygen atoms in total. The third kappa shape index (κ3) is 2.76. The van der Waals surface area contributed by atoms with Crippen LogP contribution in [0.4, 0.5) is 0 Å².